The van der Waals surface area contributed by atoms with Gasteiger partial charge in [-0.3, -0.25) is 0 Å². The van der Waals surface area contributed by atoms with E-state index in [-0.39, 0.29) is 4.58 Å². The van der Waals surface area contributed by atoms with Crippen molar-refractivity contribution in [3.05, 3.63) is 71.8 Å². The van der Waals surface area contributed by atoms with Gasteiger partial charge >= 0.3 is 0 Å². The van der Waals surface area contributed by atoms with Gasteiger partial charge in [0.05, 0.1) is 11.2 Å². The molecule has 4 N–H and O–H groups in total. The van der Waals surface area contributed by atoms with Gasteiger partial charge in [-0.05, 0) is 11.1 Å². The number of aliphatic hydroxyl groups excluding tert-OH is 4. The summed E-state index contributed by atoms with van der Waals surface area (Å²) in [6.45, 7) is -0.586. The maximum absolute atomic E-state index is 10.5. The van der Waals surface area contributed by atoms with Crippen molar-refractivity contribution in [2.24, 2.45) is 0 Å². The smallest absolute Gasteiger partial charge is 0.110 e. The van der Waals surface area contributed by atoms with Crippen molar-refractivity contribution in [2.45, 2.75) is 34.4 Å². The van der Waals surface area contributed by atoms with Crippen LogP contribution in [0.1, 0.15) is 11.1 Å². The average molecular weight is 381 g/mol. The van der Waals surface area contributed by atoms with Gasteiger partial charge in [-0.1, -0.05) is 60.7 Å². The summed E-state index contributed by atoms with van der Waals surface area (Å²) < 4.78 is -0.336. The van der Waals surface area contributed by atoms with Gasteiger partial charge in [-0.15, -0.1) is 23.5 Å². The molecule has 0 amide bonds. The van der Waals surface area contributed by atoms with E-state index in [1.165, 1.54) is 23.5 Å². The Labute approximate surface area is 156 Å². The van der Waals surface area contributed by atoms with E-state index in [2.05, 4.69) is 0 Å². The minimum absolute atomic E-state index is 0.336. The van der Waals surface area contributed by atoms with Crippen LogP contribution in [-0.2, 0) is 11.5 Å². The third kappa shape index (κ3) is 6.66. The Morgan fingerprint density at radius 1 is 0.680 bits per heavy atom. The molecule has 0 saturated carbocycles. The van der Waals surface area contributed by atoms with Crippen molar-refractivity contribution in [3.63, 3.8) is 0 Å². The largest absolute Gasteiger partial charge is 0.394 e. The molecule has 2 aromatic carbocycles. The lowest BCUT2D eigenvalue weighted by Crippen LogP contribution is -2.43. The molecule has 136 valence electrons. The third-order valence-corrected chi connectivity index (χ3v) is 6.76. The topological polar surface area (TPSA) is 80.9 Å². The highest BCUT2D eigenvalue weighted by atomic mass is 32.2. The van der Waals surface area contributed by atoms with Gasteiger partial charge in [0.15, 0.2) is 0 Å². The number of rotatable bonds is 10. The minimum Gasteiger partial charge on any atom is -0.394 e. The Kier molecular flexibility index (Phi) is 8.81. The monoisotopic (exact) mass is 380 g/mol. The van der Waals surface area contributed by atoms with Gasteiger partial charge in [-0.2, -0.15) is 0 Å². The molecular formula is C19H24O4S2. The van der Waals surface area contributed by atoms with Crippen LogP contribution in [0.25, 0.3) is 0 Å². The first-order valence-electron chi connectivity index (χ1n) is 8.08. The van der Waals surface area contributed by atoms with E-state index in [4.69, 9.17) is 5.11 Å². The lowest BCUT2D eigenvalue weighted by molar-refractivity contribution is -0.0706. The molecule has 0 saturated heterocycles. The van der Waals surface area contributed by atoms with Crippen LogP contribution in [0.4, 0.5) is 0 Å². The molecule has 0 fully saturated rings. The van der Waals surface area contributed by atoms with Crippen LogP contribution in [0.5, 0.6) is 0 Å². The van der Waals surface area contributed by atoms with E-state index < -0.39 is 24.9 Å². The second-order valence-electron chi connectivity index (χ2n) is 5.69. The molecule has 2 aromatic rings. The van der Waals surface area contributed by atoms with Crippen molar-refractivity contribution < 1.29 is 20.4 Å². The van der Waals surface area contributed by atoms with Crippen molar-refractivity contribution in [1.82, 2.24) is 0 Å². The molecule has 0 spiro atoms. The fourth-order valence-corrected chi connectivity index (χ4v) is 4.85. The normalized spacial score (nSPS) is 15.1. The Morgan fingerprint density at radius 3 is 1.52 bits per heavy atom. The van der Waals surface area contributed by atoms with Crippen LogP contribution in [0.3, 0.4) is 0 Å². The van der Waals surface area contributed by atoms with Crippen LogP contribution in [0.2, 0.25) is 0 Å². The molecular weight excluding hydrogens is 356 g/mol. The fourth-order valence-electron chi connectivity index (χ4n) is 2.25. The zero-order valence-corrected chi connectivity index (χ0v) is 15.4. The summed E-state index contributed by atoms with van der Waals surface area (Å²) in [5.74, 6) is 1.37. The third-order valence-electron chi connectivity index (χ3n) is 3.72. The van der Waals surface area contributed by atoms with Crippen LogP contribution in [0.15, 0.2) is 60.7 Å². The number of aliphatic hydroxyl groups is 4. The van der Waals surface area contributed by atoms with Gasteiger partial charge in [0, 0.05) is 11.5 Å². The summed E-state index contributed by atoms with van der Waals surface area (Å²) in [5.41, 5.74) is 2.25. The molecule has 25 heavy (non-hydrogen) atoms. The zero-order valence-electron chi connectivity index (χ0n) is 13.8. The second kappa shape index (κ2) is 10.9. The number of benzene rings is 2. The van der Waals surface area contributed by atoms with Gasteiger partial charge in [0.1, 0.15) is 18.3 Å². The van der Waals surface area contributed by atoms with Crippen molar-refractivity contribution >= 4 is 23.5 Å². The first-order chi connectivity index (χ1) is 12.1. The summed E-state index contributed by atoms with van der Waals surface area (Å²) in [5, 5.41) is 39.2. The van der Waals surface area contributed by atoms with E-state index in [1.54, 1.807) is 0 Å². The standard InChI is InChI=1S/C19H24O4S2/c20-11-16(21)17(22)18(23)19(24-12-14-7-3-1-4-8-14)25-13-15-9-5-2-6-10-15/h1-10,16-23H,11-13H2/t16-,17+,18-/m1/s1. The molecule has 0 aliphatic rings. The second-order valence-corrected chi connectivity index (χ2v) is 8.25. The summed E-state index contributed by atoms with van der Waals surface area (Å²) in [6, 6.07) is 19.8. The molecule has 4 nitrogen and oxygen atoms in total. The van der Waals surface area contributed by atoms with Crippen LogP contribution >= 0.6 is 23.5 Å². The van der Waals surface area contributed by atoms with E-state index in [1.807, 2.05) is 60.7 Å². The van der Waals surface area contributed by atoms with E-state index in [0.717, 1.165) is 11.1 Å². The molecule has 0 unspecified atom stereocenters. The van der Waals surface area contributed by atoms with Crippen LogP contribution in [0, 0.1) is 0 Å². The Bertz CT molecular complexity index is 553. The molecule has 0 aliphatic heterocycles. The van der Waals surface area contributed by atoms with Crippen LogP contribution < -0.4 is 0 Å². The predicted molar refractivity (Wildman–Crippen MR) is 104 cm³/mol. The molecule has 0 aliphatic carbocycles. The van der Waals surface area contributed by atoms with Crippen molar-refractivity contribution in [1.29, 1.82) is 0 Å². The maximum atomic E-state index is 10.5. The van der Waals surface area contributed by atoms with Crippen molar-refractivity contribution in [3.8, 4) is 0 Å². The summed E-state index contributed by atoms with van der Waals surface area (Å²) >= 11 is 3.04. The highest BCUT2D eigenvalue weighted by molar-refractivity contribution is 8.16. The van der Waals surface area contributed by atoms with Gasteiger partial charge in [0.2, 0.25) is 0 Å². The highest BCUT2D eigenvalue weighted by Gasteiger charge is 2.31. The van der Waals surface area contributed by atoms with E-state index in [0.29, 0.717) is 11.5 Å². The van der Waals surface area contributed by atoms with Gasteiger partial charge < -0.3 is 20.4 Å². The molecule has 6 heteroatoms. The number of hydrogen-bond donors (Lipinski definition) is 4. The predicted octanol–water partition coefficient (Wildman–Crippen LogP) is 2.25. The molecule has 2 rings (SSSR count). The number of thioether (sulfide) groups is 2. The molecule has 0 bridgehead atoms. The van der Waals surface area contributed by atoms with E-state index in [9.17, 15) is 15.3 Å². The van der Waals surface area contributed by atoms with Gasteiger partial charge in [-0.25, -0.2) is 0 Å². The maximum Gasteiger partial charge on any atom is 0.110 e. The minimum atomic E-state index is -1.39. The summed E-state index contributed by atoms with van der Waals surface area (Å²) in [6.07, 6.45) is -3.89. The Morgan fingerprint density at radius 2 is 1.12 bits per heavy atom. The molecule has 0 radical (unpaired) electrons. The number of hydrogen-bond acceptors (Lipinski definition) is 6. The van der Waals surface area contributed by atoms with Crippen molar-refractivity contribution in [2.75, 3.05) is 6.61 Å². The summed E-state index contributed by atoms with van der Waals surface area (Å²) in [4.78, 5) is 0. The highest BCUT2D eigenvalue weighted by Crippen LogP contribution is 2.33. The Hall–Kier alpha value is -1.02. The first kappa shape index (κ1) is 20.3. The summed E-state index contributed by atoms with van der Waals surface area (Å²) in [7, 11) is 0. The first-order valence-corrected chi connectivity index (χ1v) is 10.2. The van der Waals surface area contributed by atoms with E-state index >= 15 is 0 Å². The molecule has 3 atom stereocenters. The lowest BCUT2D eigenvalue weighted by atomic mass is 10.1. The lowest BCUT2D eigenvalue weighted by Gasteiger charge is -2.28. The van der Waals surface area contributed by atoms with Crippen LogP contribution in [-0.4, -0.2) is 49.9 Å². The van der Waals surface area contributed by atoms with Gasteiger partial charge in [0.25, 0.3) is 0 Å². The molecule has 0 aromatic heterocycles. The quantitative estimate of drug-likeness (QED) is 0.474. The fraction of sp³-hybridized carbons (Fsp3) is 0.368. The zero-order chi connectivity index (χ0) is 18.1. The SMILES string of the molecule is OC[C@@H](O)[C@H](O)[C@@H](O)C(SCc1ccccc1)SCc1ccccc1. The average Bonchev–Trinajstić information content (AvgIpc) is 2.68. The molecule has 0 heterocycles. The Balaban J connectivity index is 2.01.